The number of benzene rings is 1. The monoisotopic (exact) mass is 256 g/mol. The van der Waals surface area contributed by atoms with Gasteiger partial charge >= 0.3 is 0 Å². The summed E-state index contributed by atoms with van der Waals surface area (Å²) in [6.07, 6.45) is 1.08. The van der Waals surface area contributed by atoms with Crippen LogP contribution in [-0.4, -0.2) is 11.6 Å². The van der Waals surface area contributed by atoms with E-state index in [-0.39, 0.29) is 0 Å². The van der Waals surface area contributed by atoms with Crippen LogP contribution in [0.5, 0.6) is 5.88 Å². The van der Waals surface area contributed by atoms with Crippen LogP contribution in [0.4, 0.5) is 5.82 Å². The largest absolute Gasteiger partial charge is 0.478 e. The molecule has 1 N–H and O–H groups in total. The summed E-state index contributed by atoms with van der Waals surface area (Å²) in [4.78, 5) is 4.38. The van der Waals surface area contributed by atoms with Crippen LogP contribution in [0.15, 0.2) is 42.5 Å². The van der Waals surface area contributed by atoms with Gasteiger partial charge in [0.1, 0.15) is 5.82 Å². The zero-order valence-electron chi connectivity index (χ0n) is 11.5. The van der Waals surface area contributed by atoms with Crippen molar-refractivity contribution in [2.75, 3.05) is 11.9 Å². The van der Waals surface area contributed by atoms with Crippen molar-refractivity contribution >= 4 is 5.82 Å². The Balaban J connectivity index is 1.95. The summed E-state index contributed by atoms with van der Waals surface area (Å²) in [5, 5.41) is 3.31. The molecule has 3 nitrogen and oxygen atoms in total. The number of nitrogens with one attached hydrogen (secondary N) is 1. The van der Waals surface area contributed by atoms with E-state index in [1.54, 1.807) is 0 Å². The van der Waals surface area contributed by atoms with Crippen LogP contribution in [-0.2, 0) is 13.0 Å². The zero-order chi connectivity index (χ0) is 13.5. The van der Waals surface area contributed by atoms with Crippen LogP contribution >= 0.6 is 0 Å². The summed E-state index contributed by atoms with van der Waals surface area (Å²) in [5.41, 5.74) is 2.61. The summed E-state index contributed by atoms with van der Waals surface area (Å²) in [7, 11) is 0. The van der Waals surface area contributed by atoms with Gasteiger partial charge in [-0.1, -0.05) is 37.3 Å². The van der Waals surface area contributed by atoms with Gasteiger partial charge in [-0.2, -0.15) is 4.98 Å². The predicted molar refractivity (Wildman–Crippen MR) is 78.6 cm³/mol. The fourth-order valence-electron chi connectivity index (χ4n) is 1.83. The maximum atomic E-state index is 5.38. The molecular formula is C16H20N2O. The number of rotatable bonds is 6. The molecule has 1 heterocycles. The van der Waals surface area contributed by atoms with Gasteiger partial charge in [-0.15, -0.1) is 0 Å². The Bertz CT molecular complexity index is 508. The lowest BCUT2D eigenvalue weighted by Crippen LogP contribution is -2.02. The van der Waals surface area contributed by atoms with Gasteiger partial charge < -0.3 is 10.1 Å². The SMILES string of the molecule is CCOc1cccc(NCc2ccc(CC)cc2)n1. The molecule has 0 aliphatic heterocycles. The van der Waals surface area contributed by atoms with Crippen molar-refractivity contribution in [3.63, 3.8) is 0 Å². The molecule has 0 spiro atoms. The molecular weight excluding hydrogens is 236 g/mol. The second-order valence-electron chi connectivity index (χ2n) is 4.32. The first-order chi connectivity index (χ1) is 9.31. The van der Waals surface area contributed by atoms with Crippen LogP contribution in [0.1, 0.15) is 25.0 Å². The van der Waals surface area contributed by atoms with E-state index in [1.165, 1.54) is 11.1 Å². The quantitative estimate of drug-likeness (QED) is 0.856. The second-order valence-corrected chi connectivity index (χ2v) is 4.32. The molecule has 1 aromatic heterocycles. The maximum Gasteiger partial charge on any atom is 0.215 e. The van der Waals surface area contributed by atoms with E-state index < -0.39 is 0 Å². The molecule has 0 saturated heterocycles. The zero-order valence-corrected chi connectivity index (χ0v) is 11.5. The number of aromatic nitrogens is 1. The molecule has 100 valence electrons. The molecule has 0 unspecified atom stereocenters. The first-order valence-electron chi connectivity index (χ1n) is 6.73. The minimum atomic E-state index is 0.634. The molecule has 0 saturated carbocycles. The number of aryl methyl sites for hydroxylation is 1. The minimum Gasteiger partial charge on any atom is -0.478 e. The molecule has 2 aromatic rings. The highest BCUT2D eigenvalue weighted by Gasteiger charge is 1.98. The molecule has 0 bridgehead atoms. The van der Waals surface area contributed by atoms with Crippen molar-refractivity contribution in [1.82, 2.24) is 4.98 Å². The van der Waals surface area contributed by atoms with E-state index in [0.717, 1.165) is 18.8 Å². The predicted octanol–water partition coefficient (Wildman–Crippen LogP) is 3.65. The highest BCUT2D eigenvalue weighted by Crippen LogP contribution is 2.13. The van der Waals surface area contributed by atoms with E-state index in [1.807, 2.05) is 25.1 Å². The second kappa shape index (κ2) is 6.78. The molecule has 0 amide bonds. The van der Waals surface area contributed by atoms with E-state index in [2.05, 4.69) is 41.5 Å². The molecule has 0 radical (unpaired) electrons. The Hall–Kier alpha value is -2.03. The Morgan fingerprint density at radius 3 is 2.42 bits per heavy atom. The van der Waals surface area contributed by atoms with Crippen molar-refractivity contribution in [1.29, 1.82) is 0 Å². The van der Waals surface area contributed by atoms with Crippen molar-refractivity contribution in [3.05, 3.63) is 53.6 Å². The third-order valence-electron chi connectivity index (χ3n) is 2.92. The Labute approximate surface area is 114 Å². The van der Waals surface area contributed by atoms with E-state index in [4.69, 9.17) is 4.74 Å². The average molecular weight is 256 g/mol. The molecule has 1 aromatic carbocycles. The third-order valence-corrected chi connectivity index (χ3v) is 2.92. The minimum absolute atomic E-state index is 0.634. The van der Waals surface area contributed by atoms with Crippen LogP contribution < -0.4 is 10.1 Å². The highest BCUT2D eigenvalue weighted by molar-refractivity contribution is 5.38. The molecule has 0 fully saturated rings. The number of hydrogen-bond acceptors (Lipinski definition) is 3. The standard InChI is InChI=1S/C16H20N2O/c1-3-13-8-10-14(11-9-13)12-17-15-6-5-7-16(18-15)19-4-2/h5-11H,3-4,12H2,1-2H3,(H,17,18). The Kier molecular flexibility index (Phi) is 4.78. The fourth-order valence-corrected chi connectivity index (χ4v) is 1.83. The topological polar surface area (TPSA) is 34.1 Å². The molecule has 0 aliphatic rings. The molecule has 0 aliphatic carbocycles. The number of hydrogen-bond donors (Lipinski definition) is 1. The normalized spacial score (nSPS) is 10.2. The highest BCUT2D eigenvalue weighted by atomic mass is 16.5. The van der Waals surface area contributed by atoms with Gasteiger partial charge in [-0.3, -0.25) is 0 Å². The van der Waals surface area contributed by atoms with Crippen molar-refractivity contribution in [2.45, 2.75) is 26.8 Å². The number of anilines is 1. The summed E-state index contributed by atoms with van der Waals surface area (Å²) < 4.78 is 5.38. The summed E-state index contributed by atoms with van der Waals surface area (Å²) in [6, 6.07) is 14.4. The van der Waals surface area contributed by atoms with Crippen LogP contribution in [0.3, 0.4) is 0 Å². The van der Waals surface area contributed by atoms with Gasteiger partial charge in [0.25, 0.3) is 0 Å². The Morgan fingerprint density at radius 2 is 1.74 bits per heavy atom. The van der Waals surface area contributed by atoms with E-state index >= 15 is 0 Å². The smallest absolute Gasteiger partial charge is 0.215 e. The lowest BCUT2D eigenvalue weighted by Gasteiger charge is -2.08. The molecule has 0 atom stereocenters. The number of nitrogens with zero attached hydrogens (tertiary/aromatic N) is 1. The fraction of sp³-hybridized carbons (Fsp3) is 0.312. The first kappa shape index (κ1) is 13.4. The van der Waals surface area contributed by atoms with Crippen LogP contribution in [0.25, 0.3) is 0 Å². The third kappa shape index (κ3) is 3.98. The van der Waals surface area contributed by atoms with Crippen molar-refractivity contribution in [2.24, 2.45) is 0 Å². The number of pyridine rings is 1. The van der Waals surface area contributed by atoms with E-state index in [9.17, 15) is 0 Å². The van der Waals surface area contributed by atoms with Gasteiger partial charge in [0.15, 0.2) is 0 Å². The molecule has 3 heteroatoms. The van der Waals surface area contributed by atoms with Gasteiger partial charge in [0, 0.05) is 12.6 Å². The number of ether oxygens (including phenoxy) is 1. The van der Waals surface area contributed by atoms with E-state index in [0.29, 0.717) is 12.5 Å². The summed E-state index contributed by atoms with van der Waals surface area (Å²) in [5.74, 6) is 1.50. The van der Waals surface area contributed by atoms with Crippen molar-refractivity contribution in [3.8, 4) is 5.88 Å². The summed E-state index contributed by atoms with van der Waals surface area (Å²) in [6.45, 7) is 5.52. The lowest BCUT2D eigenvalue weighted by atomic mass is 10.1. The average Bonchev–Trinajstić information content (AvgIpc) is 2.46. The van der Waals surface area contributed by atoms with Gasteiger partial charge in [-0.05, 0) is 30.5 Å². The molecule has 19 heavy (non-hydrogen) atoms. The summed E-state index contributed by atoms with van der Waals surface area (Å²) >= 11 is 0. The Morgan fingerprint density at radius 1 is 1.00 bits per heavy atom. The van der Waals surface area contributed by atoms with Crippen LogP contribution in [0.2, 0.25) is 0 Å². The molecule has 2 rings (SSSR count). The van der Waals surface area contributed by atoms with Gasteiger partial charge in [-0.25, -0.2) is 0 Å². The van der Waals surface area contributed by atoms with Crippen LogP contribution in [0, 0.1) is 0 Å². The van der Waals surface area contributed by atoms with Gasteiger partial charge in [0.2, 0.25) is 5.88 Å². The first-order valence-corrected chi connectivity index (χ1v) is 6.73. The lowest BCUT2D eigenvalue weighted by molar-refractivity contribution is 0.327. The maximum absolute atomic E-state index is 5.38. The van der Waals surface area contributed by atoms with Gasteiger partial charge in [0.05, 0.1) is 6.61 Å². The van der Waals surface area contributed by atoms with Crippen molar-refractivity contribution < 1.29 is 4.74 Å².